The molecule has 0 bridgehead atoms. The Kier molecular flexibility index (Phi) is 2.68. The van der Waals surface area contributed by atoms with E-state index in [-0.39, 0.29) is 5.92 Å². The van der Waals surface area contributed by atoms with Gasteiger partial charge in [0, 0.05) is 19.5 Å². The van der Waals surface area contributed by atoms with Crippen molar-refractivity contribution in [3.8, 4) is 0 Å². The molecule has 0 aromatic carbocycles. The molecule has 0 radical (unpaired) electrons. The van der Waals surface area contributed by atoms with Crippen LogP contribution in [-0.4, -0.2) is 39.3 Å². The van der Waals surface area contributed by atoms with Gasteiger partial charge in [-0.25, -0.2) is 0 Å². The highest BCUT2D eigenvalue weighted by Crippen LogP contribution is 2.18. The van der Waals surface area contributed by atoms with Gasteiger partial charge < -0.3 is 9.52 Å². The lowest BCUT2D eigenvalue weighted by atomic mass is 10.0. The second-order valence-corrected chi connectivity index (χ2v) is 3.67. The number of aromatic nitrogens is 2. The van der Waals surface area contributed by atoms with Crippen LogP contribution in [0, 0.1) is 5.92 Å². The lowest BCUT2D eigenvalue weighted by molar-refractivity contribution is -0.147. The first-order valence-electron chi connectivity index (χ1n) is 4.95. The highest BCUT2D eigenvalue weighted by molar-refractivity contribution is 5.71. The van der Waals surface area contributed by atoms with Crippen molar-refractivity contribution in [1.29, 1.82) is 0 Å². The van der Waals surface area contributed by atoms with Gasteiger partial charge in [0.25, 0.3) is 0 Å². The van der Waals surface area contributed by atoms with E-state index < -0.39 is 5.97 Å². The molecule has 1 aliphatic heterocycles. The van der Waals surface area contributed by atoms with Crippen molar-refractivity contribution in [3.63, 3.8) is 0 Å². The number of hydrogen-bond donors (Lipinski definition) is 1. The van der Waals surface area contributed by atoms with E-state index in [0.717, 1.165) is 6.42 Å². The number of rotatable bonds is 4. The average molecular weight is 211 g/mol. The number of carbonyl (C=O) groups is 1. The maximum atomic E-state index is 10.6. The summed E-state index contributed by atoms with van der Waals surface area (Å²) in [4.78, 5) is 12.5. The van der Waals surface area contributed by atoms with Gasteiger partial charge in [-0.15, -0.1) is 10.2 Å². The molecule has 1 saturated heterocycles. The van der Waals surface area contributed by atoms with Crippen molar-refractivity contribution in [3.05, 3.63) is 11.8 Å². The Bertz CT molecular complexity index is 357. The fraction of sp³-hybridized carbons (Fsp3) is 0.667. The number of aliphatic carboxylic acids is 1. The third-order valence-corrected chi connectivity index (χ3v) is 2.48. The fourth-order valence-electron chi connectivity index (χ4n) is 1.54. The van der Waals surface area contributed by atoms with Crippen molar-refractivity contribution >= 4 is 5.97 Å². The highest BCUT2D eigenvalue weighted by atomic mass is 16.4. The van der Waals surface area contributed by atoms with E-state index in [2.05, 4.69) is 10.2 Å². The SMILES string of the molecule is CCc1nnc(CN2CC(C(=O)O)C2)o1. The molecule has 2 heterocycles. The van der Waals surface area contributed by atoms with Crippen molar-refractivity contribution in [2.45, 2.75) is 19.9 Å². The van der Waals surface area contributed by atoms with E-state index in [9.17, 15) is 4.79 Å². The zero-order chi connectivity index (χ0) is 10.8. The molecule has 0 aliphatic carbocycles. The van der Waals surface area contributed by atoms with Crippen LogP contribution < -0.4 is 0 Å². The van der Waals surface area contributed by atoms with Gasteiger partial charge >= 0.3 is 5.97 Å². The van der Waals surface area contributed by atoms with E-state index >= 15 is 0 Å². The van der Waals surface area contributed by atoms with Crippen LogP contribution >= 0.6 is 0 Å². The summed E-state index contributed by atoms with van der Waals surface area (Å²) in [7, 11) is 0. The summed E-state index contributed by atoms with van der Waals surface area (Å²) >= 11 is 0. The normalized spacial score (nSPS) is 17.7. The molecule has 1 fully saturated rings. The molecular weight excluding hydrogens is 198 g/mol. The maximum absolute atomic E-state index is 10.6. The Morgan fingerprint density at radius 1 is 1.53 bits per heavy atom. The van der Waals surface area contributed by atoms with Crippen LogP contribution in [0.5, 0.6) is 0 Å². The highest BCUT2D eigenvalue weighted by Gasteiger charge is 2.33. The van der Waals surface area contributed by atoms with E-state index in [1.54, 1.807) is 0 Å². The third kappa shape index (κ3) is 2.15. The van der Waals surface area contributed by atoms with Crippen molar-refractivity contribution in [2.24, 2.45) is 5.92 Å². The van der Waals surface area contributed by atoms with Crippen LogP contribution in [0.15, 0.2) is 4.42 Å². The van der Waals surface area contributed by atoms with Crippen LogP contribution in [-0.2, 0) is 17.8 Å². The van der Waals surface area contributed by atoms with Gasteiger partial charge in [0.2, 0.25) is 11.8 Å². The molecule has 0 spiro atoms. The molecule has 1 aliphatic rings. The van der Waals surface area contributed by atoms with Gasteiger partial charge in [0.05, 0.1) is 12.5 Å². The van der Waals surface area contributed by atoms with Gasteiger partial charge in [-0.1, -0.05) is 6.92 Å². The molecule has 1 aromatic rings. The molecular formula is C9H13N3O3. The van der Waals surface area contributed by atoms with E-state index in [4.69, 9.17) is 9.52 Å². The topological polar surface area (TPSA) is 79.5 Å². The third-order valence-electron chi connectivity index (χ3n) is 2.48. The maximum Gasteiger partial charge on any atom is 0.309 e. The molecule has 6 nitrogen and oxygen atoms in total. The Labute approximate surface area is 86.9 Å². The molecule has 1 N–H and O–H groups in total. The number of carboxylic acids is 1. The summed E-state index contributed by atoms with van der Waals surface area (Å²) in [6.45, 7) is 3.64. The number of carboxylic acid groups (broad SMARTS) is 1. The first kappa shape index (κ1) is 10.1. The Hall–Kier alpha value is -1.43. The van der Waals surface area contributed by atoms with Crippen molar-refractivity contribution in [2.75, 3.05) is 13.1 Å². The zero-order valence-corrected chi connectivity index (χ0v) is 8.51. The Morgan fingerprint density at radius 3 is 2.73 bits per heavy atom. The first-order valence-corrected chi connectivity index (χ1v) is 4.95. The lowest BCUT2D eigenvalue weighted by Gasteiger charge is -2.35. The van der Waals surface area contributed by atoms with Crippen molar-refractivity contribution < 1.29 is 14.3 Å². The summed E-state index contributed by atoms with van der Waals surface area (Å²) in [5.41, 5.74) is 0. The van der Waals surface area contributed by atoms with Crippen LogP contribution in [0.25, 0.3) is 0 Å². The zero-order valence-electron chi connectivity index (χ0n) is 8.51. The number of likely N-dealkylation sites (tertiary alicyclic amines) is 1. The summed E-state index contributed by atoms with van der Waals surface area (Å²) in [5.74, 6) is 0.223. The largest absolute Gasteiger partial charge is 0.481 e. The molecule has 0 amide bonds. The molecule has 2 rings (SSSR count). The molecule has 15 heavy (non-hydrogen) atoms. The average Bonchev–Trinajstić information content (AvgIpc) is 2.57. The van der Waals surface area contributed by atoms with Crippen LogP contribution in [0.4, 0.5) is 0 Å². The Morgan fingerprint density at radius 2 is 2.20 bits per heavy atom. The van der Waals surface area contributed by atoms with Gasteiger partial charge in [-0.05, 0) is 0 Å². The molecule has 6 heteroatoms. The molecule has 0 saturated carbocycles. The molecule has 82 valence electrons. The smallest absolute Gasteiger partial charge is 0.309 e. The van der Waals surface area contributed by atoms with Crippen LogP contribution in [0.1, 0.15) is 18.7 Å². The second-order valence-electron chi connectivity index (χ2n) is 3.67. The minimum Gasteiger partial charge on any atom is -0.481 e. The van der Waals surface area contributed by atoms with E-state index in [1.165, 1.54) is 0 Å². The number of hydrogen-bond acceptors (Lipinski definition) is 5. The van der Waals surface area contributed by atoms with E-state index in [1.807, 2.05) is 11.8 Å². The first-order chi connectivity index (χ1) is 7.19. The van der Waals surface area contributed by atoms with Gasteiger partial charge in [0.1, 0.15) is 0 Å². The lowest BCUT2D eigenvalue weighted by Crippen LogP contribution is -2.49. The predicted molar refractivity (Wildman–Crippen MR) is 50.1 cm³/mol. The summed E-state index contributed by atoms with van der Waals surface area (Å²) < 4.78 is 5.32. The number of nitrogens with zero attached hydrogens (tertiary/aromatic N) is 3. The van der Waals surface area contributed by atoms with Gasteiger partial charge in [-0.2, -0.15) is 0 Å². The van der Waals surface area contributed by atoms with Gasteiger partial charge in [0.15, 0.2) is 0 Å². The fourth-order valence-corrected chi connectivity index (χ4v) is 1.54. The molecule has 0 atom stereocenters. The quantitative estimate of drug-likeness (QED) is 0.763. The molecule has 0 unspecified atom stereocenters. The van der Waals surface area contributed by atoms with Gasteiger partial charge in [-0.3, -0.25) is 9.69 Å². The van der Waals surface area contributed by atoms with Crippen LogP contribution in [0.3, 0.4) is 0 Å². The van der Waals surface area contributed by atoms with Crippen molar-refractivity contribution in [1.82, 2.24) is 15.1 Å². The minimum atomic E-state index is -0.731. The second kappa shape index (κ2) is 3.98. The van der Waals surface area contributed by atoms with Crippen LogP contribution in [0.2, 0.25) is 0 Å². The standard InChI is InChI=1S/C9H13N3O3/c1-2-7-10-11-8(15-7)5-12-3-6(4-12)9(13)14/h6H,2-5H2,1H3,(H,13,14). The number of aryl methyl sites for hydroxylation is 1. The van der Waals surface area contributed by atoms with E-state index in [0.29, 0.717) is 31.4 Å². The monoisotopic (exact) mass is 211 g/mol. The minimum absolute atomic E-state index is 0.237. The summed E-state index contributed by atoms with van der Waals surface area (Å²) in [6, 6.07) is 0. The molecule has 1 aromatic heterocycles. The summed E-state index contributed by atoms with van der Waals surface area (Å²) in [6.07, 6.45) is 0.727. The summed E-state index contributed by atoms with van der Waals surface area (Å²) in [5, 5.41) is 16.4. The Balaban J connectivity index is 1.82. The predicted octanol–water partition coefficient (Wildman–Crippen LogP) is 0.148.